The van der Waals surface area contributed by atoms with Gasteiger partial charge in [-0.2, -0.15) is 0 Å². The van der Waals surface area contributed by atoms with E-state index >= 15 is 0 Å². The van der Waals surface area contributed by atoms with Crippen molar-refractivity contribution in [1.29, 1.82) is 0 Å². The van der Waals surface area contributed by atoms with Gasteiger partial charge in [-0.3, -0.25) is 9.59 Å². The van der Waals surface area contributed by atoms with Crippen LogP contribution in [0.25, 0.3) is 0 Å². The highest BCUT2D eigenvalue weighted by Gasteiger charge is 2.36. The molecule has 2 aliphatic rings. The first-order chi connectivity index (χ1) is 9.91. The molecule has 0 amide bonds. The fourth-order valence-corrected chi connectivity index (χ4v) is 3.34. The highest BCUT2D eigenvalue weighted by molar-refractivity contribution is 6.03. The summed E-state index contributed by atoms with van der Waals surface area (Å²) in [5, 5.41) is 20.3. The molecule has 0 heterocycles. The average molecular weight is 292 g/mol. The normalized spacial score (nSPS) is 21.0. The molecule has 0 aromatic rings. The first kappa shape index (κ1) is 15.8. The van der Waals surface area contributed by atoms with Crippen molar-refractivity contribution >= 4 is 11.6 Å². The molecule has 21 heavy (non-hydrogen) atoms. The zero-order valence-electron chi connectivity index (χ0n) is 12.8. The van der Waals surface area contributed by atoms with Crippen molar-refractivity contribution in [3.05, 3.63) is 22.7 Å². The lowest BCUT2D eigenvalue weighted by Gasteiger charge is -2.29. The highest BCUT2D eigenvalue weighted by atomic mass is 16.3. The quantitative estimate of drug-likeness (QED) is 0.827. The second kappa shape index (κ2) is 6.46. The van der Waals surface area contributed by atoms with Crippen molar-refractivity contribution in [3.63, 3.8) is 0 Å². The Balaban J connectivity index is 2.48. The maximum absolute atomic E-state index is 12.3. The number of allylic oxidation sites excluding steroid dienone is 4. The Bertz CT molecular complexity index is 469. The van der Waals surface area contributed by atoms with Crippen molar-refractivity contribution in [2.75, 3.05) is 0 Å². The average Bonchev–Trinajstić information content (AvgIpc) is 2.37. The summed E-state index contributed by atoms with van der Waals surface area (Å²) >= 11 is 0. The number of Topliss-reactive ketones (excluding diaryl/α,β-unsaturated/α-hetero) is 2. The van der Waals surface area contributed by atoms with Gasteiger partial charge in [0.05, 0.1) is 11.5 Å². The minimum atomic E-state index is -0.453. The van der Waals surface area contributed by atoms with Crippen LogP contribution in [0.4, 0.5) is 0 Å². The van der Waals surface area contributed by atoms with Crippen molar-refractivity contribution in [1.82, 2.24) is 0 Å². The van der Waals surface area contributed by atoms with Crippen LogP contribution in [-0.2, 0) is 9.59 Å². The molecular formula is C17H24O4. The molecule has 0 aliphatic heterocycles. The van der Waals surface area contributed by atoms with E-state index in [0.29, 0.717) is 56.1 Å². The lowest BCUT2D eigenvalue weighted by atomic mass is 9.74. The Morgan fingerprint density at radius 3 is 1.62 bits per heavy atom. The molecule has 0 unspecified atom stereocenters. The molecule has 0 fully saturated rings. The Labute approximate surface area is 125 Å². The maximum atomic E-state index is 12.3. The number of aliphatic hydroxyl groups excluding tert-OH is 2. The number of hydrogen-bond donors (Lipinski definition) is 2. The fraction of sp³-hybridized carbons (Fsp3) is 0.647. The van der Waals surface area contributed by atoms with E-state index in [0.717, 1.165) is 0 Å². The van der Waals surface area contributed by atoms with Crippen LogP contribution in [-0.4, -0.2) is 21.8 Å². The van der Waals surface area contributed by atoms with Crippen LogP contribution in [0.5, 0.6) is 0 Å². The molecule has 116 valence electrons. The van der Waals surface area contributed by atoms with Gasteiger partial charge in [-0.05, 0) is 25.2 Å². The third-order valence-electron chi connectivity index (χ3n) is 4.26. The lowest BCUT2D eigenvalue weighted by molar-refractivity contribution is -0.117. The minimum Gasteiger partial charge on any atom is -0.512 e. The monoisotopic (exact) mass is 292 g/mol. The molecule has 0 saturated carbocycles. The van der Waals surface area contributed by atoms with Gasteiger partial charge < -0.3 is 10.2 Å². The summed E-state index contributed by atoms with van der Waals surface area (Å²) in [6.45, 7) is 4.03. The summed E-state index contributed by atoms with van der Waals surface area (Å²) in [4.78, 5) is 24.5. The molecule has 0 radical (unpaired) electrons. The molecule has 2 aliphatic carbocycles. The van der Waals surface area contributed by atoms with Crippen molar-refractivity contribution in [2.24, 2.45) is 11.8 Å². The molecule has 0 aromatic heterocycles. The Morgan fingerprint density at radius 2 is 1.29 bits per heavy atom. The van der Waals surface area contributed by atoms with Crippen molar-refractivity contribution in [3.8, 4) is 0 Å². The van der Waals surface area contributed by atoms with Gasteiger partial charge in [0.1, 0.15) is 0 Å². The zero-order chi connectivity index (χ0) is 15.6. The van der Waals surface area contributed by atoms with Gasteiger partial charge in [-0.1, -0.05) is 13.8 Å². The Hall–Kier alpha value is -1.58. The second-order valence-electron chi connectivity index (χ2n) is 6.46. The van der Waals surface area contributed by atoms with E-state index in [4.69, 9.17) is 0 Å². The molecule has 2 N–H and O–H groups in total. The number of aliphatic hydroxyl groups is 2. The highest BCUT2D eigenvalue weighted by Crippen LogP contribution is 2.38. The summed E-state index contributed by atoms with van der Waals surface area (Å²) in [5.41, 5.74) is 0.735. The third-order valence-corrected chi connectivity index (χ3v) is 4.26. The number of hydrogen-bond acceptors (Lipinski definition) is 4. The van der Waals surface area contributed by atoms with Crippen LogP contribution in [0.3, 0.4) is 0 Å². The van der Waals surface area contributed by atoms with E-state index in [2.05, 4.69) is 0 Å². The van der Waals surface area contributed by atoms with Gasteiger partial charge in [0.2, 0.25) is 0 Å². The first-order valence-corrected chi connectivity index (χ1v) is 7.82. The van der Waals surface area contributed by atoms with E-state index < -0.39 is 5.92 Å². The topological polar surface area (TPSA) is 74.6 Å². The standard InChI is InChI=1S/C17H24O4/c1-10(2)9-11(16-12(18)5-3-6-13(16)19)17-14(20)7-4-8-15(17)21/h10-11,18,20H,3-9H2,1-2H3. The summed E-state index contributed by atoms with van der Waals surface area (Å²) in [5.74, 6) is -0.136. The molecule has 0 spiro atoms. The lowest BCUT2D eigenvalue weighted by Crippen LogP contribution is -2.28. The van der Waals surface area contributed by atoms with Gasteiger partial charge >= 0.3 is 0 Å². The molecule has 4 heteroatoms. The SMILES string of the molecule is CC(C)CC(C1=C(O)CCCC1=O)C1=C(O)CCCC1=O. The number of ketones is 2. The number of rotatable bonds is 4. The Morgan fingerprint density at radius 1 is 0.857 bits per heavy atom. The van der Waals surface area contributed by atoms with E-state index in [-0.39, 0.29) is 29.0 Å². The van der Waals surface area contributed by atoms with Crippen LogP contribution in [0.1, 0.15) is 58.8 Å². The van der Waals surface area contributed by atoms with E-state index in [1.165, 1.54) is 0 Å². The largest absolute Gasteiger partial charge is 0.512 e. The molecule has 0 bridgehead atoms. The van der Waals surface area contributed by atoms with Crippen LogP contribution in [0.2, 0.25) is 0 Å². The summed E-state index contributed by atoms with van der Waals surface area (Å²) in [6, 6.07) is 0. The van der Waals surface area contributed by atoms with Gasteiger partial charge in [-0.15, -0.1) is 0 Å². The maximum Gasteiger partial charge on any atom is 0.162 e. The van der Waals surface area contributed by atoms with Crippen LogP contribution in [0, 0.1) is 11.8 Å². The number of carbonyl (C=O) groups excluding carboxylic acids is 2. The summed E-state index contributed by atoms with van der Waals surface area (Å²) in [6.07, 6.45) is 3.70. The fourth-order valence-electron chi connectivity index (χ4n) is 3.34. The van der Waals surface area contributed by atoms with Crippen LogP contribution in [0.15, 0.2) is 22.7 Å². The Kier molecular flexibility index (Phi) is 4.86. The molecule has 0 aromatic carbocycles. The summed E-state index contributed by atoms with van der Waals surface area (Å²) < 4.78 is 0. The van der Waals surface area contributed by atoms with Gasteiger partial charge in [0, 0.05) is 42.7 Å². The number of carbonyl (C=O) groups is 2. The van der Waals surface area contributed by atoms with Crippen LogP contribution >= 0.6 is 0 Å². The molecule has 0 saturated heterocycles. The van der Waals surface area contributed by atoms with Gasteiger partial charge in [0.25, 0.3) is 0 Å². The first-order valence-electron chi connectivity index (χ1n) is 7.82. The zero-order valence-corrected chi connectivity index (χ0v) is 12.8. The van der Waals surface area contributed by atoms with Crippen LogP contribution < -0.4 is 0 Å². The van der Waals surface area contributed by atoms with Gasteiger partial charge in [0.15, 0.2) is 11.6 Å². The van der Waals surface area contributed by atoms with Crippen molar-refractivity contribution < 1.29 is 19.8 Å². The molecular weight excluding hydrogens is 268 g/mol. The third kappa shape index (κ3) is 3.36. The van der Waals surface area contributed by atoms with E-state index in [1.807, 2.05) is 13.8 Å². The predicted octanol–water partition coefficient (Wildman–Crippen LogP) is 3.78. The van der Waals surface area contributed by atoms with E-state index in [9.17, 15) is 19.8 Å². The van der Waals surface area contributed by atoms with Gasteiger partial charge in [-0.25, -0.2) is 0 Å². The minimum absolute atomic E-state index is 0.0805. The van der Waals surface area contributed by atoms with Crippen molar-refractivity contribution in [2.45, 2.75) is 58.8 Å². The molecule has 4 nitrogen and oxygen atoms in total. The second-order valence-corrected chi connectivity index (χ2v) is 6.46. The summed E-state index contributed by atoms with van der Waals surface area (Å²) in [7, 11) is 0. The molecule has 2 rings (SSSR count). The molecule has 0 atom stereocenters. The smallest absolute Gasteiger partial charge is 0.162 e. The predicted molar refractivity (Wildman–Crippen MR) is 80.0 cm³/mol. The van der Waals surface area contributed by atoms with E-state index in [1.54, 1.807) is 0 Å².